The van der Waals surface area contributed by atoms with Gasteiger partial charge in [-0.1, -0.05) is 75.4 Å². The predicted molar refractivity (Wildman–Crippen MR) is 163 cm³/mol. The normalized spacial score (nSPS) is 12.0. The maximum Gasteiger partial charge on any atom is 0.244 e. The third-order valence-electron chi connectivity index (χ3n) is 6.75. The van der Waals surface area contributed by atoms with Crippen molar-refractivity contribution in [3.8, 4) is 5.75 Å². The second kappa shape index (κ2) is 14.7. The zero-order valence-corrected chi connectivity index (χ0v) is 25.4. The molecule has 220 valence electrons. The van der Waals surface area contributed by atoms with Crippen LogP contribution in [-0.2, 0) is 39.0 Å². The summed E-state index contributed by atoms with van der Waals surface area (Å²) in [7, 11) is -2.25. The van der Waals surface area contributed by atoms with Crippen molar-refractivity contribution in [3.05, 3.63) is 95.6 Å². The molecule has 0 aliphatic carbocycles. The monoisotopic (exact) mass is 579 g/mol. The van der Waals surface area contributed by atoms with E-state index >= 15 is 0 Å². The number of rotatable bonds is 14. The maximum atomic E-state index is 14.1. The number of nitrogens with one attached hydrogen (secondary N) is 1. The van der Waals surface area contributed by atoms with Gasteiger partial charge in [-0.25, -0.2) is 8.42 Å². The van der Waals surface area contributed by atoms with E-state index in [0.717, 1.165) is 33.7 Å². The van der Waals surface area contributed by atoms with E-state index in [1.807, 2.05) is 81.4 Å². The Morgan fingerprint density at radius 2 is 1.56 bits per heavy atom. The Morgan fingerprint density at radius 1 is 0.902 bits per heavy atom. The molecule has 0 spiro atoms. The van der Waals surface area contributed by atoms with Crippen LogP contribution in [0.25, 0.3) is 0 Å². The summed E-state index contributed by atoms with van der Waals surface area (Å²) in [4.78, 5) is 29.3. The smallest absolute Gasteiger partial charge is 0.244 e. The molecule has 0 heterocycles. The second-order valence-electron chi connectivity index (χ2n) is 10.5. The lowest BCUT2D eigenvalue weighted by Gasteiger charge is -2.33. The Balaban J connectivity index is 2.05. The molecule has 0 saturated carbocycles. The first-order chi connectivity index (χ1) is 19.5. The first-order valence-electron chi connectivity index (χ1n) is 13.8. The van der Waals surface area contributed by atoms with Gasteiger partial charge in [-0.2, -0.15) is 0 Å². The Morgan fingerprint density at radius 3 is 2.15 bits per heavy atom. The average molecular weight is 580 g/mol. The number of nitrogens with zero attached hydrogens (tertiary/aromatic N) is 2. The van der Waals surface area contributed by atoms with Gasteiger partial charge in [-0.15, -0.1) is 0 Å². The van der Waals surface area contributed by atoms with Crippen LogP contribution in [0.3, 0.4) is 0 Å². The molecule has 41 heavy (non-hydrogen) atoms. The third kappa shape index (κ3) is 9.35. The minimum Gasteiger partial charge on any atom is -0.497 e. The van der Waals surface area contributed by atoms with E-state index in [1.54, 1.807) is 25.3 Å². The molecule has 0 aliphatic heterocycles. The molecule has 0 radical (unpaired) electrons. The van der Waals surface area contributed by atoms with Crippen molar-refractivity contribution < 1.29 is 22.7 Å². The molecule has 0 saturated heterocycles. The van der Waals surface area contributed by atoms with Crippen LogP contribution in [0.15, 0.2) is 78.9 Å². The number of carbonyl (C=O) groups is 2. The van der Waals surface area contributed by atoms with Gasteiger partial charge in [0.1, 0.15) is 18.3 Å². The van der Waals surface area contributed by atoms with Gasteiger partial charge in [-0.3, -0.25) is 13.9 Å². The fourth-order valence-corrected chi connectivity index (χ4v) is 5.31. The van der Waals surface area contributed by atoms with Gasteiger partial charge in [0.2, 0.25) is 21.8 Å². The fourth-order valence-electron chi connectivity index (χ4n) is 4.46. The summed E-state index contributed by atoms with van der Waals surface area (Å²) >= 11 is 0. The van der Waals surface area contributed by atoms with Gasteiger partial charge in [0.15, 0.2) is 0 Å². The summed E-state index contributed by atoms with van der Waals surface area (Å²) in [6, 6.07) is 23.0. The summed E-state index contributed by atoms with van der Waals surface area (Å²) in [6.07, 6.45) is 2.15. The van der Waals surface area contributed by atoms with Gasteiger partial charge < -0.3 is 15.0 Å². The van der Waals surface area contributed by atoms with Crippen LogP contribution in [0.4, 0.5) is 5.69 Å². The van der Waals surface area contributed by atoms with Crippen molar-refractivity contribution in [1.29, 1.82) is 0 Å². The van der Waals surface area contributed by atoms with Crippen LogP contribution in [0.5, 0.6) is 5.75 Å². The number of methoxy groups -OCH3 is 1. The Kier molecular flexibility index (Phi) is 11.3. The maximum absolute atomic E-state index is 14.1. The van der Waals surface area contributed by atoms with Gasteiger partial charge in [0, 0.05) is 19.5 Å². The highest BCUT2D eigenvalue weighted by molar-refractivity contribution is 7.92. The Hall–Kier alpha value is -3.85. The molecular weight excluding hydrogens is 538 g/mol. The van der Waals surface area contributed by atoms with E-state index < -0.39 is 28.5 Å². The molecule has 1 N–H and O–H groups in total. The summed E-state index contributed by atoms with van der Waals surface area (Å²) in [6.45, 7) is 6.11. The van der Waals surface area contributed by atoms with E-state index in [9.17, 15) is 18.0 Å². The van der Waals surface area contributed by atoms with E-state index in [-0.39, 0.29) is 24.8 Å². The standard InChI is InChI=1S/C32H41N3O5S/c1-6-25-15-17-28(18-16-25)35(41(5,38)39)23-31(36)34(22-27-13-10-14-29(19-27)40-4)30(32(37)33-21-24(2)3)20-26-11-8-7-9-12-26/h7-19,24,30H,6,20-23H2,1-5H3,(H,33,37). The minimum absolute atomic E-state index is 0.0923. The zero-order chi connectivity index (χ0) is 30.0. The zero-order valence-electron chi connectivity index (χ0n) is 24.5. The number of carbonyl (C=O) groups excluding carboxylic acids is 2. The fraction of sp³-hybridized carbons (Fsp3) is 0.375. The van der Waals surface area contributed by atoms with E-state index in [2.05, 4.69) is 5.32 Å². The summed E-state index contributed by atoms with van der Waals surface area (Å²) in [5, 5.41) is 2.98. The lowest BCUT2D eigenvalue weighted by Crippen LogP contribution is -2.53. The Labute approximate surface area is 244 Å². The number of hydrogen-bond donors (Lipinski definition) is 1. The van der Waals surface area contributed by atoms with Gasteiger partial charge in [-0.05, 0) is 53.3 Å². The molecule has 0 aliphatic rings. The highest BCUT2D eigenvalue weighted by Gasteiger charge is 2.33. The molecule has 3 aromatic rings. The van der Waals surface area contributed by atoms with Crippen LogP contribution < -0.4 is 14.4 Å². The molecule has 3 rings (SSSR count). The molecule has 3 aromatic carbocycles. The van der Waals surface area contributed by atoms with Crippen LogP contribution in [0.2, 0.25) is 0 Å². The van der Waals surface area contributed by atoms with Crippen molar-refractivity contribution in [2.45, 2.75) is 46.2 Å². The molecule has 1 atom stereocenters. The van der Waals surface area contributed by atoms with Gasteiger partial charge in [0.25, 0.3) is 0 Å². The molecule has 8 nitrogen and oxygen atoms in total. The molecule has 0 bridgehead atoms. The van der Waals surface area contributed by atoms with Crippen LogP contribution in [-0.4, -0.2) is 57.6 Å². The summed E-state index contributed by atoms with van der Waals surface area (Å²) < 4.78 is 32.3. The van der Waals surface area contributed by atoms with E-state index in [4.69, 9.17) is 4.74 Å². The number of hydrogen-bond acceptors (Lipinski definition) is 5. The largest absolute Gasteiger partial charge is 0.497 e. The van der Waals surface area contributed by atoms with E-state index in [0.29, 0.717) is 18.0 Å². The second-order valence-corrected chi connectivity index (χ2v) is 12.4. The molecule has 0 fully saturated rings. The molecule has 1 unspecified atom stereocenters. The Bertz CT molecular complexity index is 1390. The summed E-state index contributed by atoms with van der Waals surface area (Å²) in [5.74, 6) is 0.0497. The van der Waals surface area contributed by atoms with Crippen LogP contribution in [0.1, 0.15) is 37.5 Å². The number of ether oxygens (including phenoxy) is 1. The summed E-state index contributed by atoms with van der Waals surface area (Å²) in [5.41, 5.74) is 3.09. The average Bonchev–Trinajstić information content (AvgIpc) is 2.96. The highest BCUT2D eigenvalue weighted by atomic mass is 32.2. The first kappa shape index (κ1) is 31.7. The molecule has 9 heteroatoms. The van der Waals surface area contributed by atoms with E-state index in [1.165, 1.54) is 4.90 Å². The minimum atomic E-state index is -3.81. The SMILES string of the molecule is CCc1ccc(N(CC(=O)N(Cc2cccc(OC)c2)C(Cc2ccccc2)C(=O)NCC(C)C)S(C)(=O)=O)cc1. The predicted octanol–water partition coefficient (Wildman–Crippen LogP) is 4.44. The van der Waals surface area contributed by atoms with Crippen molar-refractivity contribution in [2.75, 3.05) is 30.8 Å². The first-order valence-corrected chi connectivity index (χ1v) is 15.7. The lowest BCUT2D eigenvalue weighted by atomic mass is 10.0. The van der Waals surface area contributed by atoms with Crippen LogP contribution in [0, 0.1) is 5.92 Å². The highest BCUT2D eigenvalue weighted by Crippen LogP contribution is 2.22. The quantitative estimate of drug-likeness (QED) is 0.305. The van der Waals surface area contributed by atoms with Gasteiger partial charge in [0.05, 0.1) is 19.1 Å². The topological polar surface area (TPSA) is 96.0 Å². The van der Waals surface area contributed by atoms with Crippen molar-refractivity contribution in [2.24, 2.45) is 5.92 Å². The molecule has 2 amide bonds. The van der Waals surface area contributed by atoms with Gasteiger partial charge >= 0.3 is 0 Å². The third-order valence-corrected chi connectivity index (χ3v) is 7.90. The van der Waals surface area contributed by atoms with Crippen molar-refractivity contribution in [3.63, 3.8) is 0 Å². The number of sulfonamides is 1. The molecular formula is C32H41N3O5S. The number of benzene rings is 3. The molecule has 0 aromatic heterocycles. The van der Waals surface area contributed by atoms with Crippen molar-refractivity contribution >= 4 is 27.5 Å². The van der Waals surface area contributed by atoms with Crippen molar-refractivity contribution in [1.82, 2.24) is 10.2 Å². The number of aryl methyl sites for hydroxylation is 1. The van der Waals surface area contributed by atoms with Crippen LogP contribution >= 0.6 is 0 Å². The number of anilines is 1. The number of amides is 2. The lowest BCUT2D eigenvalue weighted by molar-refractivity contribution is -0.140.